The molecule has 2 aromatic carbocycles. The van der Waals surface area contributed by atoms with E-state index >= 15 is 0 Å². The largest absolute Gasteiger partial charge is 0.484 e. The van der Waals surface area contributed by atoms with Gasteiger partial charge in [-0.25, -0.2) is 0 Å². The van der Waals surface area contributed by atoms with Crippen molar-refractivity contribution in [3.63, 3.8) is 0 Å². The van der Waals surface area contributed by atoms with Crippen molar-refractivity contribution < 1.29 is 17.9 Å². The van der Waals surface area contributed by atoms with Gasteiger partial charge in [-0.3, -0.25) is 0 Å². The third kappa shape index (κ3) is 2.95. The lowest BCUT2D eigenvalue weighted by Gasteiger charge is -2.09. The zero-order valence-electron chi connectivity index (χ0n) is 9.29. The number of hydrogen-bond donors (Lipinski definition) is 0. The van der Waals surface area contributed by atoms with E-state index in [1.165, 1.54) is 6.07 Å². The van der Waals surface area contributed by atoms with Crippen LogP contribution in [0.5, 0.6) is 5.75 Å². The van der Waals surface area contributed by atoms with Gasteiger partial charge in [-0.1, -0.05) is 18.1 Å². The van der Waals surface area contributed by atoms with E-state index in [1.54, 1.807) is 30.3 Å². The normalized spacial score (nSPS) is 11.2. The molecule has 0 aliphatic heterocycles. The molecular formula is C14H9F3O. The van der Waals surface area contributed by atoms with Crippen LogP contribution in [0.2, 0.25) is 0 Å². The molecule has 0 unspecified atom stereocenters. The third-order valence-corrected chi connectivity index (χ3v) is 2.38. The SMILES string of the molecule is C#Cc1ccc2cc(OCC(F)(F)F)ccc2c1. The van der Waals surface area contributed by atoms with E-state index in [1.807, 2.05) is 0 Å². The Morgan fingerprint density at radius 1 is 1.06 bits per heavy atom. The van der Waals surface area contributed by atoms with Crippen molar-refractivity contribution in [2.75, 3.05) is 6.61 Å². The summed E-state index contributed by atoms with van der Waals surface area (Å²) in [5.41, 5.74) is 0.728. The van der Waals surface area contributed by atoms with Crippen LogP contribution in [0.15, 0.2) is 36.4 Å². The zero-order valence-corrected chi connectivity index (χ0v) is 9.29. The van der Waals surface area contributed by atoms with Crippen molar-refractivity contribution in [1.29, 1.82) is 0 Å². The third-order valence-electron chi connectivity index (χ3n) is 2.38. The molecule has 0 N–H and O–H groups in total. The summed E-state index contributed by atoms with van der Waals surface area (Å²) in [7, 11) is 0. The van der Waals surface area contributed by atoms with E-state index in [0.717, 1.165) is 16.3 Å². The second-order valence-electron chi connectivity index (χ2n) is 3.77. The number of alkyl halides is 3. The molecule has 0 radical (unpaired) electrons. The Balaban J connectivity index is 2.26. The van der Waals surface area contributed by atoms with Crippen LogP contribution in [-0.2, 0) is 0 Å². The molecule has 0 aliphatic carbocycles. The molecule has 0 fully saturated rings. The van der Waals surface area contributed by atoms with Crippen LogP contribution in [0.3, 0.4) is 0 Å². The Labute approximate surface area is 102 Å². The van der Waals surface area contributed by atoms with Gasteiger partial charge in [0.05, 0.1) is 0 Å². The summed E-state index contributed by atoms with van der Waals surface area (Å²) in [4.78, 5) is 0. The maximum Gasteiger partial charge on any atom is 0.422 e. The molecule has 18 heavy (non-hydrogen) atoms. The molecule has 0 spiro atoms. The number of ether oxygens (including phenoxy) is 1. The van der Waals surface area contributed by atoms with E-state index < -0.39 is 12.8 Å². The van der Waals surface area contributed by atoms with Crippen LogP contribution in [0.25, 0.3) is 10.8 Å². The number of terminal acetylenes is 1. The average molecular weight is 250 g/mol. The van der Waals surface area contributed by atoms with Gasteiger partial charge in [-0.2, -0.15) is 13.2 Å². The number of hydrogen-bond acceptors (Lipinski definition) is 1. The molecule has 4 heteroatoms. The monoisotopic (exact) mass is 250 g/mol. The van der Waals surface area contributed by atoms with Crippen LogP contribution < -0.4 is 4.74 Å². The van der Waals surface area contributed by atoms with Crippen molar-refractivity contribution in [2.24, 2.45) is 0 Å². The van der Waals surface area contributed by atoms with Crippen molar-refractivity contribution >= 4 is 10.8 Å². The van der Waals surface area contributed by atoms with Gasteiger partial charge in [0.25, 0.3) is 0 Å². The van der Waals surface area contributed by atoms with Gasteiger partial charge in [0, 0.05) is 5.56 Å². The van der Waals surface area contributed by atoms with Gasteiger partial charge in [0.1, 0.15) is 5.75 Å². The molecule has 1 nitrogen and oxygen atoms in total. The Hall–Kier alpha value is -2.15. The Morgan fingerprint density at radius 2 is 1.72 bits per heavy atom. The van der Waals surface area contributed by atoms with Crippen molar-refractivity contribution in [2.45, 2.75) is 6.18 Å². The lowest BCUT2D eigenvalue weighted by Crippen LogP contribution is -2.19. The first-order valence-electron chi connectivity index (χ1n) is 5.18. The van der Waals surface area contributed by atoms with Gasteiger partial charge in [-0.05, 0) is 35.0 Å². The van der Waals surface area contributed by atoms with Crippen molar-refractivity contribution in [3.8, 4) is 18.1 Å². The first-order chi connectivity index (χ1) is 8.48. The minimum atomic E-state index is -4.33. The summed E-state index contributed by atoms with van der Waals surface area (Å²) < 4.78 is 40.7. The van der Waals surface area contributed by atoms with Crippen molar-refractivity contribution in [3.05, 3.63) is 42.0 Å². The van der Waals surface area contributed by atoms with Gasteiger partial charge in [0.2, 0.25) is 0 Å². The van der Waals surface area contributed by atoms with E-state index in [-0.39, 0.29) is 5.75 Å². The molecule has 0 atom stereocenters. The lowest BCUT2D eigenvalue weighted by molar-refractivity contribution is -0.153. The second-order valence-corrected chi connectivity index (χ2v) is 3.77. The van der Waals surface area contributed by atoms with Gasteiger partial charge < -0.3 is 4.74 Å². The first kappa shape index (κ1) is 12.3. The molecule has 2 aromatic rings. The summed E-state index contributed by atoms with van der Waals surface area (Å²) >= 11 is 0. The molecule has 0 bridgehead atoms. The van der Waals surface area contributed by atoms with Gasteiger partial charge in [0.15, 0.2) is 6.61 Å². The van der Waals surface area contributed by atoms with Crippen LogP contribution in [0.4, 0.5) is 13.2 Å². The maximum absolute atomic E-state index is 12.0. The highest BCUT2D eigenvalue weighted by atomic mass is 19.4. The zero-order chi connectivity index (χ0) is 13.2. The van der Waals surface area contributed by atoms with Gasteiger partial charge in [-0.15, -0.1) is 6.42 Å². The average Bonchev–Trinajstić information content (AvgIpc) is 2.34. The first-order valence-corrected chi connectivity index (χ1v) is 5.18. The lowest BCUT2D eigenvalue weighted by atomic mass is 10.1. The van der Waals surface area contributed by atoms with E-state index in [4.69, 9.17) is 6.42 Å². The van der Waals surface area contributed by atoms with Gasteiger partial charge >= 0.3 is 6.18 Å². The standard InChI is InChI=1S/C14H9F3O/c1-2-10-3-4-12-8-13(6-5-11(12)7-10)18-9-14(15,16)17/h1,3-8H,9H2. The van der Waals surface area contributed by atoms with Crippen LogP contribution >= 0.6 is 0 Å². The molecule has 2 rings (SSSR count). The molecule has 0 aliphatic rings. The Morgan fingerprint density at radius 3 is 2.39 bits per heavy atom. The number of fused-ring (bicyclic) bond motifs is 1. The highest BCUT2D eigenvalue weighted by Gasteiger charge is 2.28. The fourth-order valence-corrected chi connectivity index (χ4v) is 1.57. The molecule has 0 saturated carbocycles. The molecule has 0 aromatic heterocycles. The second kappa shape index (κ2) is 4.61. The fraction of sp³-hybridized carbons (Fsp3) is 0.143. The minimum Gasteiger partial charge on any atom is -0.484 e. The summed E-state index contributed by atoms with van der Waals surface area (Å²) in [6.45, 7) is -1.29. The molecule has 0 saturated heterocycles. The molecule has 0 amide bonds. The summed E-state index contributed by atoms with van der Waals surface area (Å²) in [5, 5.41) is 1.65. The highest BCUT2D eigenvalue weighted by molar-refractivity contribution is 5.85. The Bertz CT molecular complexity index is 608. The number of rotatable bonds is 2. The summed E-state index contributed by atoms with van der Waals surface area (Å²) in [6, 6.07) is 10.0. The summed E-state index contributed by atoms with van der Waals surface area (Å²) in [6.07, 6.45) is 0.936. The highest BCUT2D eigenvalue weighted by Crippen LogP contribution is 2.24. The van der Waals surface area contributed by atoms with E-state index in [2.05, 4.69) is 10.7 Å². The minimum absolute atomic E-state index is 0.188. The molecule has 92 valence electrons. The number of halogens is 3. The van der Waals surface area contributed by atoms with Crippen LogP contribution in [0, 0.1) is 12.3 Å². The predicted octanol–water partition coefficient (Wildman–Crippen LogP) is 3.76. The quantitative estimate of drug-likeness (QED) is 0.737. The van der Waals surface area contributed by atoms with Crippen LogP contribution in [0.1, 0.15) is 5.56 Å². The van der Waals surface area contributed by atoms with E-state index in [9.17, 15) is 13.2 Å². The van der Waals surface area contributed by atoms with Crippen molar-refractivity contribution in [1.82, 2.24) is 0 Å². The summed E-state index contributed by atoms with van der Waals surface area (Å²) in [5.74, 6) is 2.69. The number of benzene rings is 2. The maximum atomic E-state index is 12.0. The van der Waals surface area contributed by atoms with Crippen LogP contribution in [-0.4, -0.2) is 12.8 Å². The predicted molar refractivity (Wildman–Crippen MR) is 63.4 cm³/mol. The molecular weight excluding hydrogens is 241 g/mol. The van der Waals surface area contributed by atoms with E-state index in [0.29, 0.717) is 0 Å². The fourth-order valence-electron chi connectivity index (χ4n) is 1.57. The Kier molecular flexibility index (Phi) is 3.15. The molecule has 0 heterocycles. The topological polar surface area (TPSA) is 9.23 Å². The smallest absolute Gasteiger partial charge is 0.422 e.